The van der Waals surface area contributed by atoms with Crippen molar-refractivity contribution in [1.29, 1.82) is 0 Å². The van der Waals surface area contributed by atoms with E-state index in [0.717, 1.165) is 5.69 Å². The lowest BCUT2D eigenvalue weighted by atomic mass is 10.1. The van der Waals surface area contributed by atoms with Gasteiger partial charge in [0.25, 0.3) is 5.69 Å². The van der Waals surface area contributed by atoms with Gasteiger partial charge in [0.2, 0.25) is 0 Å². The number of aliphatic hydroxyl groups is 1. The van der Waals surface area contributed by atoms with Crippen molar-refractivity contribution in [2.45, 2.75) is 13.5 Å². The predicted octanol–water partition coefficient (Wildman–Crippen LogP) is 3.38. The molecule has 0 spiro atoms. The van der Waals surface area contributed by atoms with E-state index >= 15 is 0 Å². The van der Waals surface area contributed by atoms with Crippen LogP contribution in [0.2, 0.25) is 0 Å². The third-order valence-corrected chi connectivity index (χ3v) is 3.19. The maximum absolute atomic E-state index is 13.0. The zero-order valence-electron chi connectivity index (χ0n) is 11.5. The van der Waals surface area contributed by atoms with Crippen molar-refractivity contribution < 1.29 is 14.4 Å². The number of aliphatic hydroxyl groups excluding tert-OH is 1. The van der Waals surface area contributed by atoms with Crippen LogP contribution in [0.4, 0.5) is 21.5 Å². The minimum absolute atomic E-state index is 0.0713. The van der Waals surface area contributed by atoms with Crippen molar-refractivity contribution in [1.82, 2.24) is 0 Å². The molecular weight excluding hydrogens is 275 g/mol. The van der Waals surface area contributed by atoms with Gasteiger partial charge in [0, 0.05) is 35.6 Å². The van der Waals surface area contributed by atoms with Gasteiger partial charge < -0.3 is 10.0 Å². The fourth-order valence-electron chi connectivity index (χ4n) is 2.19. The highest BCUT2D eigenvalue weighted by molar-refractivity contribution is 5.68. The van der Waals surface area contributed by atoms with E-state index in [9.17, 15) is 19.6 Å². The molecule has 0 unspecified atom stereocenters. The Morgan fingerprint density at radius 3 is 2.43 bits per heavy atom. The maximum atomic E-state index is 13.0. The fraction of sp³-hybridized carbons (Fsp3) is 0.200. The van der Waals surface area contributed by atoms with Crippen LogP contribution in [0.15, 0.2) is 42.5 Å². The highest BCUT2D eigenvalue weighted by Gasteiger charge is 2.15. The maximum Gasteiger partial charge on any atom is 0.269 e. The predicted molar refractivity (Wildman–Crippen MR) is 78.1 cm³/mol. The molecule has 0 saturated heterocycles. The van der Waals surface area contributed by atoms with Gasteiger partial charge in [0.1, 0.15) is 5.82 Å². The number of rotatable bonds is 5. The van der Waals surface area contributed by atoms with Gasteiger partial charge in [-0.1, -0.05) is 0 Å². The first-order valence-corrected chi connectivity index (χ1v) is 6.48. The number of halogens is 1. The second-order valence-electron chi connectivity index (χ2n) is 4.45. The van der Waals surface area contributed by atoms with E-state index in [4.69, 9.17) is 0 Å². The Balaban J connectivity index is 2.46. The van der Waals surface area contributed by atoms with Gasteiger partial charge in [-0.15, -0.1) is 0 Å². The summed E-state index contributed by atoms with van der Waals surface area (Å²) in [4.78, 5) is 12.1. The van der Waals surface area contributed by atoms with E-state index in [-0.39, 0.29) is 18.1 Å². The molecule has 21 heavy (non-hydrogen) atoms. The first-order valence-electron chi connectivity index (χ1n) is 6.48. The van der Waals surface area contributed by atoms with Gasteiger partial charge in [-0.2, -0.15) is 0 Å². The molecule has 0 bridgehead atoms. The number of nitro groups is 1. The monoisotopic (exact) mass is 290 g/mol. The van der Waals surface area contributed by atoms with E-state index in [1.54, 1.807) is 18.2 Å². The molecule has 0 atom stereocenters. The summed E-state index contributed by atoms with van der Waals surface area (Å²) in [6.07, 6.45) is 0. The van der Waals surface area contributed by atoms with Crippen LogP contribution in [-0.4, -0.2) is 16.6 Å². The Kier molecular flexibility index (Phi) is 4.49. The molecule has 0 aliphatic carbocycles. The molecule has 5 nitrogen and oxygen atoms in total. The molecule has 6 heteroatoms. The topological polar surface area (TPSA) is 66.6 Å². The van der Waals surface area contributed by atoms with Crippen molar-refractivity contribution in [2.75, 3.05) is 11.4 Å². The standard InChI is InChI=1S/C15H15FN2O3/c1-2-17(13-5-3-12(16)4-6-13)15-8-7-14(18(20)21)9-11(15)10-19/h3-9,19H,2,10H2,1H3. The number of hydrogen-bond acceptors (Lipinski definition) is 4. The molecule has 0 amide bonds. The first kappa shape index (κ1) is 14.9. The average molecular weight is 290 g/mol. The number of anilines is 2. The Morgan fingerprint density at radius 2 is 1.90 bits per heavy atom. The molecule has 2 aromatic carbocycles. The molecule has 0 heterocycles. The van der Waals surface area contributed by atoms with Crippen molar-refractivity contribution >= 4 is 17.1 Å². The summed E-state index contributed by atoms with van der Waals surface area (Å²) in [5.74, 6) is -0.333. The van der Waals surface area contributed by atoms with Gasteiger partial charge in [-0.25, -0.2) is 4.39 Å². The average Bonchev–Trinajstić information content (AvgIpc) is 2.50. The molecular formula is C15H15FN2O3. The summed E-state index contributed by atoms with van der Waals surface area (Å²) < 4.78 is 13.0. The minimum atomic E-state index is -0.503. The van der Waals surface area contributed by atoms with Crippen LogP contribution < -0.4 is 4.90 Å². The number of benzene rings is 2. The smallest absolute Gasteiger partial charge is 0.269 e. The van der Waals surface area contributed by atoms with Crippen LogP contribution in [0.1, 0.15) is 12.5 Å². The second-order valence-corrected chi connectivity index (χ2v) is 4.45. The Morgan fingerprint density at radius 1 is 1.24 bits per heavy atom. The molecule has 0 radical (unpaired) electrons. The van der Waals surface area contributed by atoms with E-state index in [2.05, 4.69) is 0 Å². The van der Waals surface area contributed by atoms with Gasteiger partial charge in [-0.3, -0.25) is 10.1 Å². The molecule has 0 aliphatic heterocycles. The largest absolute Gasteiger partial charge is 0.392 e. The normalized spacial score (nSPS) is 10.4. The number of nitro benzene ring substituents is 1. The molecule has 0 aliphatic rings. The van der Waals surface area contributed by atoms with Crippen molar-refractivity contribution in [2.24, 2.45) is 0 Å². The Hall–Kier alpha value is -2.47. The molecule has 0 aromatic heterocycles. The molecule has 2 aromatic rings. The van der Waals surface area contributed by atoms with Gasteiger partial charge in [0.05, 0.1) is 11.5 Å². The second kappa shape index (κ2) is 6.32. The summed E-state index contributed by atoms with van der Waals surface area (Å²) >= 11 is 0. The van der Waals surface area contributed by atoms with Gasteiger partial charge >= 0.3 is 0 Å². The minimum Gasteiger partial charge on any atom is -0.392 e. The number of non-ortho nitro benzene ring substituents is 1. The van der Waals surface area contributed by atoms with Crippen LogP contribution in [0.5, 0.6) is 0 Å². The summed E-state index contributed by atoms with van der Waals surface area (Å²) in [6, 6.07) is 10.3. The van der Waals surface area contributed by atoms with Crippen LogP contribution in [-0.2, 0) is 6.61 Å². The lowest BCUT2D eigenvalue weighted by molar-refractivity contribution is -0.384. The van der Waals surface area contributed by atoms with E-state index in [1.165, 1.54) is 24.3 Å². The van der Waals surface area contributed by atoms with Crippen molar-refractivity contribution in [3.05, 3.63) is 64.0 Å². The summed E-state index contributed by atoms with van der Waals surface area (Å²) in [7, 11) is 0. The van der Waals surface area contributed by atoms with Crippen LogP contribution in [0, 0.1) is 15.9 Å². The Bertz CT molecular complexity index is 644. The summed E-state index contributed by atoms with van der Waals surface area (Å²) in [5, 5.41) is 20.2. The lowest BCUT2D eigenvalue weighted by Crippen LogP contribution is -2.17. The van der Waals surface area contributed by atoms with Crippen LogP contribution in [0.25, 0.3) is 0 Å². The third-order valence-electron chi connectivity index (χ3n) is 3.19. The Labute approximate surface area is 121 Å². The molecule has 1 N–H and O–H groups in total. The molecule has 2 rings (SSSR count). The zero-order chi connectivity index (χ0) is 15.4. The van der Waals surface area contributed by atoms with Crippen molar-refractivity contribution in [3.8, 4) is 0 Å². The van der Waals surface area contributed by atoms with Gasteiger partial charge in [0.15, 0.2) is 0 Å². The first-order chi connectivity index (χ1) is 10.1. The molecule has 0 saturated carbocycles. The van der Waals surface area contributed by atoms with Gasteiger partial charge in [-0.05, 0) is 37.3 Å². The lowest BCUT2D eigenvalue weighted by Gasteiger charge is -2.25. The number of hydrogen-bond donors (Lipinski definition) is 1. The fourth-order valence-corrected chi connectivity index (χ4v) is 2.19. The van der Waals surface area contributed by atoms with E-state index in [0.29, 0.717) is 17.8 Å². The SMILES string of the molecule is CCN(c1ccc(F)cc1)c1ccc([N+](=O)[O-])cc1CO. The van der Waals surface area contributed by atoms with Crippen LogP contribution in [0.3, 0.4) is 0 Å². The molecule has 0 fully saturated rings. The third kappa shape index (κ3) is 3.17. The number of nitrogens with zero attached hydrogens (tertiary/aromatic N) is 2. The van der Waals surface area contributed by atoms with E-state index in [1.807, 2.05) is 11.8 Å². The zero-order valence-corrected chi connectivity index (χ0v) is 11.5. The highest BCUT2D eigenvalue weighted by atomic mass is 19.1. The highest BCUT2D eigenvalue weighted by Crippen LogP contribution is 2.31. The van der Waals surface area contributed by atoms with E-state index < -0.39 is 4.92 Å². The molecule has 110 valence electrons. The summed E-state index contributed by atoms with van der Waals surface area (Å²) in [5.41, 5.74) is 1.80. The summed E-state index contributed by atoms with van der Waals surface area (Å²) in [6.45, 7) is 2.18. The van der Waals surface area contributed by atoms with Crippen molar-refractivity contribution in [3.63, 3.8) is 0 Å². The van der Waals surface area contributed by atoms with Crippen LogP contribution >= 0.6 is 0 Å². The quantitative estimate of drug-likeness (QED) is 0.677.